The molecule has 0 bridgehead atoms. The molecule has 0 aromatic heterocycles. The van der Waals surface area contributed by atoms with Gasteiger partial charge in [-0.05, 0) is 6.42 Å². The molecule has 0 rings (SSSR count). The quantitative estimate of drug-likeness (QED) is 0.591. The SMILES string of the molecule is CCCOCCOCC(F)(F)CN. The summed E-state index contributed by atoms with van der Waals surface area (Å²) in [6.07, 6.45) is 0.916. The summed E-state index contributed by atoms with van der Waals surface area (Å²) >= 11 is 0. The first-order valence-electron chi connectivity index (χ1n) is 4.36. The van der Waals surface area contributed by atoms with Gasteiger partial charge in [-0.25, -0.2) is 8.78 Å². The van der Waals surface area contributed by atoms with Gasteiger partial charge in [-0.1, -0.05) is 6.92 Å². The second-order valence-electron chi connectivity index (χ2n) is 2.73. The molecule has 0 spiro atoms. The van der Waals surface area contributed by atoms with Crippen molar-refractivity contribution < 1.29 is 18.3 Å². The third kappa shape index (κ3) is 8.08. The largest absolute Gasteiger partial charge is 0.379 e. The maximum absolute atomic E-state index is 12.4. The lowest BCUT2D eigenvalue weighted by molar-refractivity contribution is -0.0784. The molecule has 0 heterocycles. The zero-order chi connectivity index (χ0) is 10.2. The maximum atomic E-state index is 12.4. The van der Waals surface area contributed by atoms with Gasteiger partial charge in [-0.3, -0.25) is 0 Å². The van der Waals surface area contributed by atoms with Gasteiger partial charge in [-0.2, -0.15) is 0 Å². The molecule has 3 nitrogen and oxygen atoms in total. The van der Waals surface area contributed by atoms with Crippen LogP contribution < -0.4 is 5.73 Å². The van der Waals surface area contributed by atoms with E-state index in [4.69, 9.17) is 10.5 Å². The van der Waals surface area contributed by atoms with Crippen LogP contribution in [0.25, 0.3) is 0 Å². The Kier molecular flexibility index (Phi) is 7.03. The van der Waals surface area contributed by atoms with E-state index in [0.717, 1.165) is 6.42 Å². The molecule has 0 fully saturated rings. The van der Waals surface area contributed by atoms with Crippen molar-refractivity contribution in [2.24, 2.45) is 5.73 Å². The van der Waals surface area contributed by atoms with Crippen molar-refractivity contribution in [1.82, 2.24) is 0 Å². The fraction of sp³-hybridized carbons (Fsp3) is 1.00. The van der Waals surface area contributed by atoms with Crippen molar-refractivity contribution in [3.05, 3.63) is 0 Å². The van der Waals surface area contributed by atoms with Crippen molar-refractivity contribution in [2.75, 3.05) is 33.0 Å². The maximum Gasteiger partial charge on any atom is 0.282 e. The fourth-order valence-electron chi connectivity index (χ4n) is 0.645. The van der Waals surface area contributed by atoms with Gasteiger partial charge in [-0.15, -0.1) is 0 Å². The highest BCUT2D eigenvalue weighted by Gasteiger charge is 2.26. The van der Waals surface area contributed by atoms with Crippen LogP contribution in [0.1, 0.15) is 13.3 Å². The van der Waals surface area contributed by atoms with Gasteiger partial charge in [0.1, 0.15) is 6.61 Å². The van der Waals surface area contributed by atoms with Crippen LogP contribution in [0.15, 0.2) is 0 Å². The Hall–Kier alpha value is -0.260. The summed E-state index contributed by atoms with van der Waals surface area (Å²) in [7, 11) is 0. The zero-order valence-corrected chi connectivity index (χ0v) is 7.89. The molecular formula is C8H17F2NO2. The molecule has 0 aliphatic rings. The molecule has 0 aliphatic heterocycles. The zero-order valence-electron chi connectivity index (χ0n) is 7.89. The Morgan fingerprint density at radius 2 is 1.77 bits per heavy atom. The first-order valence-corrected chi connectivity index (χ1v) is 4.36. The van der Waals surface area contributed by atoms with Gasteiger partial charge in [0, 0.05) is 6.61 Å². The molecule has 2 N–H and O–H groups in total. The van der Waals surface area contributed by atoms with Gasteiger partial charge in [0.05, 0.1) is 19.8 Å². The van der Waals surface area contributed by atoms with Crippen LogP contribution in [0.2, 0.25) is 0 Å². The highest BCUT2D eigenvalue weighted by atomic mass is 19.3. The van der Waals surface area contributed by atoms with E-state index in [1.807, 2.05) is 6.92 Å². The Morgan fingerprint density at radius 1 is 1.15 bits per heavy atom. The first-order chi connectivity index (χ1) is 6.12. The van der Waals surface area contributed by atoms with E-state index in [1.165, 1.54) is 0 Å². The van der Waals surface area contributed by atoms with E-state index >= 15 is 0 Å². The minimum atomic E-state index is -2.91. The summed E-state index contributed by atoms with van der Waals surface area (Å²) in [4.78, 5) is 0. The van der Waals surface area contributed by atoms with Crippen LogP contribution in [0.5, 0.6) is 0 Å². The fourth-order valence-corrected chi connectivity index (χ4v) is 0.645. The molecule has 0 aromatic rings. The number of hydrogen-bond donors (Lipinski definition) is 1. The molecule has 0 atom stereocenters. The summed E-state index contributed by atoms with van der Waals surface area (Å²) < 4.78 is 34.6. The van der Waals surface area contributed by atoms with Gasteiger partial charge in [0.2, 0.25) is 0 Å². The Balaban J connectivity index is 3.16. The molecule has 0 aromatic carbocycles. The first kappa shape index (κ1) is 12.7. The lowest BCUT2D eigenvalue weighted by Crippen LogP contribution is -2.33. The summed E-state index contributed by atoms with van der Waals surface area (Å²) in [5.41, 5.74) is 4.81. The molecule has 5 heteroatoms. The third-order valence-electron chi connectivity index (χ3n) is 1.33. The topological polar surface area (TPSA) is 44.5 Å². The number of nitrogens with two attached hydrogens (primary N) is 1. The lowest BCUT2D eigenvalue weighted by Gasteiger charge is -2.13. The lowest BCUT2D eigenvalue weighted by atomic mass is 10.4. The normalized spacial score (nSPS) is 12.0. The standard InChI is InChI=1S/C8H17F2NO2/c1-2-3-12-4-5-13-7-8(9,10)6-11/h2-7,11H2,1H3. The molecule has 0 saturated carbocycles. The van der Waals surface area contributed by atoms with Gasteiger partial charge in [0.25, 0.3) is 5.92 Å². The van der Waals surface area contributed by atoms with Crippen molar-refractivity contribution >= 4 is 0 Å². The van der Waals surface area contributed by atoms with E-state index in [2.05, 4.69) is 4.74 Å². The number of ether oxygens (including phenoxy) is 2. The molecule has 0 radical (unpaired) electrons. The number of halogens is 2. The van der Waals surface area contributed by atoms with E-state index in [9.17, 15) is 8.78 Å². The van der Waals surface area contributed by atoms with Gasteiger partial charge in [0.15, 0.2) is 0 Å². The van der Waals surface area contributed by atoms with E-state index in [1.54, 1.807) is 0 Å². The Labute approximate surface area is 77.2 Å². The van der Waals surface area contributed by atoms with Crippen LogP contribution in [-0.4, -0.2) is 38.9 Å². The van der Waals surface area contributed by atoms with E-state index < -0.39 is 19.1 Å². The minimum Gasteiger partial charge on any atom is -0.379 e. The summed E-state index contributed by atoms with van der Waals surface area (Å²) in [6.45, 7) is 1.85. The third-order valence-corrected chi connectivity index (χ3v) is 1.33. The molecule has 0 amide bonds. The second kappa shape index (κ2) is 7.17. The molecule has 0 unspecified atom stereocenters. The predicted molar refractivity (Wildman–Crippen MR) is 45.9 cm³/mol. The van der Waals surface area contributed by atoms with Crippen molar-refractivity contribution in [2.45, 2.75) is 19.3 Å². The number of hydrogen-bond acceptors (Lipinski definition) is 3. The number of alkyl halides is 2. The summed E-state index contributed by atoms with van der Waals surface area (Å²) in [6, 6.07) is 0. The van der Waals surface area contributed by atoms with Crippen LogP contribution in [-0.2, 0) is 9.47 Å². The van der Waals surface area contributed by atoms with Crippen LogP contribution in [0.3, 0.4) is 0 Å². The van der Waals surface area contributed by atoms with Gasteiger partial charge < -0.3 is 15.2 Å². The van der Waals surface area contributed by atoms with Crippen molar-refractivity contribution in [3.63, 3.8) is 0 Å². The Bertz CT molecular complexity index is 123. The predicted octanol–water partition coefficient (Wildman–Crippen LogP) is 1.02. The average molecular weight is 197 g/mol. The highest BCUT2D eigenvalue weighted by Crippen LogP contribution is 2.10. The van der Waals surface area contributed by atoms with E-state index in [-0.39, 0.29) is 6.61 Å². The van der Waals surface area contributed by atoms with Crippen molar-refractivity contribution in [1.29, 1.82) is 0 Å². The van der Waals surface area contributed by atoms with Crippen LogP contribution in [0.4, 0.5) is 8.78 Å². The number of rotatable bonds is 8. The average Bonchev–Trinajstić information content (AvgIpc) is 2.11. The summed E-state index contributed by atoms with van der Waals surface area (Å²) in [5.74, 6) is -2.91. The van der Waals surface area contributed by atoms with E-state index in [0.29, 0.717) is 13.2 Å². The summed E-state index contributed by atoms with van der Waals surface area (Å²) in [5, 5.41) is 0. The monoisotopic (exact) mass is 197 g/mol. The second-order valence-corrected chi connectivity index (χ2v) is 2.73. The molecular weight excluding hydrogens is 180 g/mol. The van der Waals surface area contributed by atoms with Crippen LogP contribution >= 0.6 is 0 Å². The van der Waals surface area contributed by atoms with Crippen molar-refractivity contribution in [3.8, 4) is 0 Å². The Morgan fingerprint density at radius 3 is 2.31 bits per heavy atom. The van der Waals surface area contributed by atoms with Gasteiger partial charge >= 0.3 is 0 Å². The molecule has 0 saturated heterocycles. The minimum absolute atomic E-state index is 0.190. The molecule has 0 aliphatic carbocycles. The molecule has 80 valence electrons. The smallest absolute Gasteiger partial charge is 0.282 e. The van der Waals surface area contributed by atoms with Crippen LogP contribution in [0, 0.1) is 0 Å². The molecule has 13 heavy (non-hydrogen) atoms. The highest BCUT2D eigenvalue weighted by molar-refractivity contribution is 4.64.